The molecular formula is C28H26N2O4. The molecule has 0 amide bonds. The lowest BCUT2D eigenvalue weighted by Gasteiger charge is -2.18. The van der Waals surface area contributed by atoms with Gasteiger partial charge in [-0.3, -0.25) is 4.98 Å². The predicted octanol–water partition coefficient (Wildman–Crippen LogP) is 6.04. The third kappa shape index (κ3) is 4.48. The van der Waals surface area contributed by atoms with Gasteiger partial charge in [-0.15, -0.1) is 0 Å². The number of rotatable bonds is 8. The van der Waals surface area contributed by atoms with Crippen molar-refractivity contribution < 1.29 is 19.8 Å². The summed E-state index contributed by atoms with van der Waals surface area (Å²) < 4.78 is 0. The molecule has 4 aromatic rings. The van der Waals surface area contributed by atoms with E-state index in [4.69, 9.17) is 4.98 Å². The van der Waals surface area contributed by atoms with Crippen LogP contribution in [0.15, 0.2) is 66.7 Å². The monoisotopic (exact) mass is 454 g/mol. The highest BCUT2D eigenvalue weighted by Crippen LogP contribution is 2.31. The number of nitrogens with one attached hydrogen (secondary N) is 1. The number of nitrogens with zero attached hydrogens (tertiary/aromatic N) is 1. The van der Waals surface area contributed by atoms with E-state index in [1.165, 1.54) is 0 Å². The molecule has 4 rings (SSSR count). The summed E-state index contributed by atoms with van der Waals surface area (Å²) in [5.74, 6) is -1.92. The van der Waals surface area contributed by atoms with Crippen LogP contribution in [0.4, 0.5) is 5.69 Å². The van der Waals surface area contributed by atoms with Gasteiger partial charge < -0.3 is 15.5 Å². The molecule has 0 aliphatic carbocycles. The fourth-order valence-electron chi connectivity index (χ4n) is 4.28. The van der Waals surface area contributed by atoms with Gasteiger partial charge in [-0.2, -0.15) is 0 Å². The zero-order valence-electron chi connectivity index (χ0n) is 19.1. The number of anilines is 1. The van der Waals surface area contributed by atoms with E-state index in [-0.39, 0.29) is 11.1 Å². The number of hydrogen-bond donors (Lipinski definition) is 3. The van der Waals surface area contributed by atoms with Crippen LogP contribution in [-0.4, -0.2) is 27.1 Å². The highest BCUT2D eigenvalue weighted by atomic mass is 16.4. The summed E-state index contributed by atoms with van der Waals surface area (Å²) >= 11 is 0. The van der Waals surface area contributed by atoms with Crippen LogP contribution in [0.3, 0.4) is 0 Å². The molecule has 172 valence electrons. The zero-order chi connectivity index (χ0) is 24.2. The Kier molecular flexibility index (Phi) is 6.59. The van der Waals surface area contributed by atoms with Gasteiger partial charge in [-0.25, -0.2) is 9.59 Å². The summed E-state index contributed by atoms with van der Waals surface area (Å²) in [7, 11) is 0. The Hall–Kier alpha value is -4.19. The van der Waals surface area contributed by atoms with Gasteiger partial charge in [-0.1, -0.05) is 56.3 Å². The lowest BCUT2D eigenvalue weighted by Crippen LogP contribution is -2.08. The summed E-state index contributed by atoms with van der Waals surface area (Å²) in [5, 5.41) is 23.3. The van der Waals surface area contributed by atoms with Crippen molar-refractivity contribution in [3.8, 4) is 11.1 Å². The van der Waals surface area contributed by atoms with E-state index in [1.807, 2.05) is 30.3 Å². The number of carboxylic acid groups (broad SMARTS) is 2. The van der Waals surface area contributed by atoms with E-state index in [2.05, 4.69) is 19.2 Å². The maximum atomic E-state index is 11.6. The Morgan fingerprint density at radius 1 is 0.882 bits per heavy atom. The number of pyridine rings is 1. The SMILES string of the molecule is CCc1nc2ccc(C(=O)O)cc2c(NCc2ccc(-c3ccccc3C(=O)O)cc2)c1CC. The van der Waals surface area contributed by atoms with Crippen LogP contribution < -0.4 is 5.32 Å². The molecule has 0 atom stereocenters. The molecule has 1 aromatic heterocycles. The number of aromatic nitrogens is 1. The number of carbonyl (C=O) groups is 2. The highest BCUT2D eigenvalue weighted by molar-refractivity contribution is 5.99. The lowest BCUT2D eigenvalue weighted by molar-refractivity contribution is 0.0686. The summed E-state index contributed by atoms with van der Waals surface area (Å²) in [6.07, 6.45) is 1.56. The Morgan fingerprint density at radius 2 is 1.62 bits per heavy atom. The van der Waals surface area contributed by atoms with Gasteiger partial charge in [0.2, 0.25) is 0 Å². The van der Waals surface area contributed by atoms with Gasteiger partial charge in [0.15, 0.2) is 0 Å². The molecule has 0 bridgehead atoms. The smallest absolute Gasteiger partial charge is 0.336 e. The Balaban J connectivity index is 1.67. The van der Waals surface area contributed by atoms with Crippen molar-refractivity contribution in [2.75, 3.05) is 5.32 Å². The fraction of sp³-hybridized carbons (Fsp3) is 0.179. The molecule has 0 fully saturated rings. The average Bonchev–Trinajstić information content (AvgIpc) is 2.86. The second kappa shape index (κ2) is 9.75. The van der Waals surface area contributed by atoms with Gasteiger partial charge in [0, 0.05) is 23.3 Å². The number of benzene rings is 3. The third-order valence-electron chi connectivity index (χ3n) is 6.00. The Morgan fingerprint density at radius 3 is 2.26 bits per heavy atom. The average molecular weight is 455 g/mol. The highest BCUT2D eigenvalue weighted by Gasteiger charge is 2.15. The van der Waals surface area contributed by atoms with Gasteiger partial charge in [-0.05, 0) is 59.4 Å². The molecule has 3 N–H and O–H groups in total. The van der Waals surface area contributed by atoms with E-state index in [1.54, 1.807) is 36.4 Å². The first-order valence-corrected chi connectivity index (χ1v) is 11.3. The molecule has 6 nitrogen and oxygen atoms in total. The van der Waals surface area contributed by atoms with Gasteiger partial charge in [0.05, 0.1) is 16.6 Å². The summed E-state index contributed by atoms with van der Waals surface area (Å²) in [4.78, 5) is 27.9. The maximum absolute atomic E-state index is 11.6. The minimum Gasteiger partial charge on any atom is -0.478 e. The first kappa shape index (κ1) is 23.0. The van der Waals surface area contributed by atoms with Crippen LogP contribution in [0.2, 0.25) is 0 Å². The van der Waals surface area contributed by atoms with Crippen LogP contribution >= 0.6 is 0 Å². The molecule has 3 aromatic carbocycles. The number of hydrogen-bond acceptors (Lipinski definition) is 4. The van der Waals surface area contributed by atoms with Gasteiger partial charge in [0.1, 0.15) is 0 Å². The standard InChI is InChI=1S/C28H26N2O4/c1-3-20-24(4-2)30-25-14-13-19(27(31)32)15-23(25)26(20)29-16-17-9-11-18(12-10-17)21-7-5-6-8-22(21)28(33)34/h5-15H,3-4,16H2,1-2H3,(H,29,30)(H,31,32)(H,33,34). The molecule has 34 heavy (non-hydrogen) atoms. The molecule has 0 spiro atoms. The molecule has 1 heterocycles. The summed E-state index contributed by atoms with van der Waals surface area (Å²) in [6, 6.07) is 19.8. The quantitative estimate of drug-likeness (QED) is 0.300. The van der Waals surface area contributed by atoms with E-state index in [0.717, 1.165) is 51.8 Å². The topological polar surface area (TPSA) is 99.5 Å². The van der Waals surface area contributed by atoms with Gasteiger partial charge in [0.25, 0.3) is 0 Å². The molecule has 0 saturated carbocycles. The Bertz CT molecular complexity index is 1380. The molecule has 0 unspecified atom stereocenters. The van der Waals surface area contributed by atoms with Crippen molar-refractivity contribution in [1.29, 1.82) is 0 Å². The second-order valence-corrected chi connectivity index (χ2v) is 8.06. The van der Waals surface area contributed by atoms with E-state index in [0.29, 0.717) is 12.1 Å². The predicted molar refractivity (Wildman–Crippen MR) is 134 cm³/mol. The van der Waals surface area contributed by atoms with Crippen molar-refractivity contribution in [2.45, 2.75) is 33.2 Å². The molecule has 6 heteroatoms. The largest absolute Gasteiger partial charge is 0.478 e. The number of aryl methyl sites for hydroxylation is 1. The minimum atomic E-state index is -0.970. The number of aromatic carboxylic acids is 2. The van der Waals surface area contributed by atoms with Crippen LogP contribution in [0.1, 0.15) is 51.4 Å². The first-order valence-electron chi connectivity index (χ1n) is 11.3. The number of fused-ring (bicyclic) bond motifs is 1. The second-order valence-electron chi connectivity index (χ2n) is 8.06. The molecule has 0 saturated heterocycles. The maximum Gasteiger partial charge on any atom is 0.336 e. The normalized spacial score (nSPS) is 10.9. The number of carboxylic acids is 2. The van der Waals surface area contributed by atoms with Crippen molar-refractivity contribution in [1.82, 2.24) is 4.98 Å². The first-order chi connectivity index (χ1) is 16.4. The fourth-order valence-corrected chi connectivity index (χ4v) is 4.28. The van der Waals surface area contributed by atoms with Crippen LogP contribution in [-0.2, 0) is 19.4 Å². The van der Waals surface area contributed by atoms with Crippen LogP contribution in [0.5, 0.6) is 0 Å². The molecular weight excluding hydrogens is 428 g/mol. The van der Waals surface area contributed by atoms with Crippen molar-refractivity contribution in [3.63, 3.8) is 0 Å². The Labute approximate surface area is 197 Å². The molecule has 0 aliphatic heterocycles. The van der Waals surface area contributed by atoms with Crippen molar-refractivity contribution in [2.24, 2.45) is 0 Å². The summed E-state index contributed by atoms with van der Waals surface area (Å²) in [5.41, 5.74) is 6.80. The summed E-state index contributed by atoms with van der Waals surface area (Å²) in [6.45, 7) is 4.67. The minimum absolute atomic E-state index is 0.227. The molecule has 0 aliphatic rings. The van der Waals surface area contributed by atoms with Crippen LogP contribution in [0, 0.1) is 0 Å². The third-order valence-corrected chi connectivity index (χ3v) is 6.00. The molecule has 0 radical (unpaired) electrons. The van der Waals surface area contributed by atoms with E-state index in [9.17, 15) is 19.8 Å². The van der Waals surface area contributed by atoms with Crippen LogP contribution in [0.25, 0.3) is 22.0 Å². The lowest BCUT2D eigenvalue weighted by atomic mass is 9.98. The zero-order valence-corrected chi connectivity index (χ0v) is 19.1. The van der Waals surface area contributed by atoms with Crippen molar-refractivity contribution in [3.05, 3.63) is 94.7 Å². The van der Waals surface area contributed by atoms with Crippen molar-refractivity contribution >= 4 is 28.5 Å². The van der Waals surface area contributed by atoms with E-state index >= 15 is 0 Å². The van der Waals surface area contributed by atoms with Gasteiger partial charge >= 0.3 is 11.9 Å². The van der Waals surface area contributed by atoms with E-state index < -0.39 is 11.9 Å².